The summed E-state index contributed by atoms with van der Waals surface area (Å²) in [5.41, 5.74) is 5.32. The highest BCUT2D eigenvalue weighted by Crippen LogP contribution is 1.95. The molecule has 0 radical (unpaired) electrons. The number of ether oxygens (including phenoxy) is 12. The van der Waals surface area contributed by atoms with E-state index in [1.54, 1.807) is 0 Å². The van der Waals surface area contributed by atoms with Gasteiger partial charge in [-0.2, -0.15) is 0 Å². The van der Waals surface area contributed by atoms with E-state index in [0.29, 0.717) is 145 Å². The Bertz CT molecular complexity index is 688. The summed E-state index contributed by atoms with van der Waals surface area (Å²) in [5.74, 6) is -3.24. The second-order valence-corrected chi connectivity index (χ2v) is 8.97. The van der Waals surface area contributed by atoms with Crippen LogP contribution in [-0.4, -0.2) is 181 Å². The highest BCUT2D eigenvalue weighted by Gasteiger charge is 2.14. The van der Waals surface area contributed by atoms with E-state index in [9.17, 15) is 14.4 Å². The molecule has 3 N–H and O–H groups in total. The van der Waals surface area contributed by atoms with Crippen molar-refractivity contribution in [3.05, 3.63) is 0 Å². The maximum atomic E-state index is 11.4. The summed E-state index contributed by atoms with van der Waals surface area (Å²) in [4.78, 5) is 32.6. The van der Waals surface area contributed by atoms with Gasteiger partial charge < -0.3 is 67.7 Å². The van der Waals surface area contributed by atoms with Gasteiger partial charge in [0.05, 0.1) is 152 Å². The molecule has 0 heterocycles. The molecule has 0 saturated carbocycles. The van der Waals surface area contributed by atoms with Crippen LogP contribution in [0, 0.1) is 0 Å². The summed E-state index contributed by atoms with van der Waals surface area (Å²) < 4.78 is 64.0. The second-order valence-electron chi connectivity index (χ2n) is 8.97. The van der Waals surface area contributed by atoms with Gasteiger partial charge in [-0.1, -0.05) is 0 Å². The standard InChI is InChI=1S/C29H55NO16/c30-3-4-35-5-6-36-7-8-37-9-10-38-11-12-39-13-14-40-15-16-41-17-18-42-19-20-43-21-22-44-23-24-45-25-26-46-28(32)2-1-27(31)29(33)34/h1-26,30H2,(H,33,34). The number of rotatable bonds is 39. The van der Waals surface area contributed by atoms with Crippen molar-refractivity contribution in [2.75, 3.05) is 159 Å². The van der Waals surface area contributed by atoms with Crippen LogP contribution in [0.3, 0.4) is 0 Å². The zero-order chi connectivity index (χ0) is 33.6. The maximum Gasteiger partial charge on any atom is 0.372 e. The molecule has 0 rings (SSSR count). The number of hydrogen-bond donors (Lipinski definition) is 2. The lowest BCUT2D eigenvalue weighted by molar-refractivity contribution is -0.151. The van der Waals surface area contributed by atoms with Gasteiger partial charge in [-0.15, -0.1) is 0 Å². The molecule has 0 aliphatic heterocycles. The van der Waals surface area contributed by atoms with Crippen molar-refractivity contribution < 1.29 is 76.3 Å². The number of Topliss-reactive ketones (excluding diaryl/α,β-unsaturated/α-hetero) is 1. The second kappa shape index (κ2) is 37.6. The van der Waals surface area contributed by atoms with Crippen LogP contribution in [0.4, 0.5) is 0 Å². The lowest BCUT2D eigenvalue weighted by atomic mass is 10.2. The summed E-state index contributed by atoms with van der Waals surface area (Å²) in [6.45, 7) is 10.5. The molecule has 0 aromatic carbocycles. The number of carboxylic acid groups (broad SMARTS) is 1. The minimum absolute atomic E-state index is 0.0130. The molecule has 0 aromatic heterocycles. The van der Waals surface area contributed by atoms with Crippen molar-refractivity contribution in [1.29, 1.82) is 0 Å². The largest absolute Gasteiger partial charge is 0.476 e. The number of aliphatic carboxylic acids is 1. The molecule has 17 heteroatoms. The van der Waals surface area contributed by atoms with Crippen molar-refractivity contribution in [2.45, 2.75) is 12.8 Å². The Morgan fingerprint density at radius 2 is 0.609 bits per heavy atom. The number of carbonyl (C=O) groups excluding carboxylic acids is 2. The Labute approximate surface area is 271 Å². The van der Waals surface area contributed by atoms with Gasteiger partial charge in [-0.3, -0.25) is 9.59 Å². The number of esters is 1. The van der Waals surface area contributed by atoms with Crippen LogP contribution >= 0.6 is 0 Å². The number of hydrogen-bond acceptors (Lipinski definition) is 16. The average Bonchev–Trinajstić information content (AvgIpc) is 3.05. The van der Waals surface area contributed by atoms with Gasteiger partial charge in [0.1, 0.15) is 6.61 Å². The summed E-state index contributed by atoms with van der Waals surface area (Å²) in [5, 5.41) is 8.44. The third kappa shape index (κ3) is 36.6. The molecular weight excluding hydrogens is 618 g/mol. The van der Waals surface area contributed by atoms with E-state index >= 15 is 0 Å². The molecule has 0 saturated heterocycles. The number of carboxylic acids is 1. The van der Waals surface area contributed by atoms with Crippen LogP contribution < -0.4 is 5.73 Å². The molecule has 0 atom stereocenters. The maximum absolute atomic E-state index is 11.4. The number of carbonyl (C=O) groups is 3. The molecule has 46 heavy (non-hydrogen) atoms. The molecule has 0 aliphatic rings. The Morgan fingerprint density at radius 3 is 0.848 bits per heavy atom. The van der Waals surface area contributed by atoms with Crippen LogP contribution in [0.5, 0.6) is 0 Å². The van der Waals surface area contributed by atoms with Gasteiger partial charge >= 0.3 is 11.9 Å². The monoisotopic (exact) mass is 673 g/mol. The molecule has 0 bridgehead atoms. The summed E-state index contributed by atoms with van der Waals surface area (Å²) in [6, 6.07) is 0. The summed E-state index contributed by atoms with van der Waals surface area (Å²) in [7, 11) is 0. The molecule has 0 aromatic rings. The van der Waals surface area contributed by atoms with Gasteiger partial charge in [-0.05, 0) is 0 Å². The molecule has 0 fully saturated rings. The first-order chi connectivity index (χ1) is 22.6. The van der Waals surface area contributed by atoms with Gasteiger partial charge in [0, 0.05) is 13.0 Å². The molecule has 272 valence electrons. The van der Waals surface area contributed by atoms with Gasteiger partial charge in [-0.25, -0.2) is 4.79 Å². The van der Waals surface area contributed by atoms with E-state index in [1.807, 2.05) is 0 Å². The zero-order valence-corrected chi connectivity index (χ0v) is 27.0. The van der Waals surface area contributed by atoms with E-state index in [2.05, 4.69) is 0 Å². The minimum atomic E-state index is -1.56. The zero-order valence-electron chi connectivity index (χ0n) is 27.0. The topological polar surface area (TPSA) is 208 Å². The first-order valence-corrected chi connectivity index (χ1v) is 15.5. The summed E-state index contributed by atoms with van der Waals surface area (Å²) >= 11 is 0. The van der Waals surface area contributed by atoms with E-state index in [-0.39, 0.29) is 26.1 Å². The SMILES string of the molecule is NCCOCCOCCOCCOCCOCCOCCOCCOCCOCCOCCOCCOC(=O)CCC(=O)C(=O)O. The summed E-state index contributed by atoms with van der Waals surface area (Å²) in [6.07, 6.45) is -0.661. The molecule has 0 spiro atoms. The molecular formula is C29H55NO16. The Kier molecular flexibility index (Phi) is 36.1. The predicted molar refractivity (Wildman–Crippen MR) is 161 cm³/mol. The normalized spacial score (nSPS) is 11.2. The Morgan fingerprint density at radius 1 is 0.370 bits per heavy atom. The fourth-order valence-electron chi connectivity index (χ4n) is 2.99. The van der Waals surface area contributed by atoms with Gasteiger partial charge in [0.15, 0.2) is 0 Å². The lowest BCUT2D eigenvalue weighted by Gasteiger charge is -2.09. The van der Waals surface area contributed by atoms with Crippen LogP contribution in [0.1, 0.15) is 12.8 Å². The van der Waals surface area contributed by atoms with E-state index in [4.69, 9.17) is 67.7 Å². The van der Waals surface area contributed by atoms with E-state index < -0.39 is 17.7 Å². The molecule has 0 aliphatic carbocycles. The van der Waals surface area contributed by atoms with Gasteiger partial charge in [0.2, 0.25) is 5.78 Å². The minimum Gasteiger partial charge on any atom is -0.476 e. The molecule has 0 unspecified atom stereocenters. The van der Waals surface area contributed by atoms with Crippen molar-refractivity contribution in [1.82, 2.24) is 0 Å². The fourth-order valence-corrected chi connectivity index (χ4v) is 2.99. The van der Waals surface area contributed by atoms with E-state index in [1.165, 1.54) is 0 Å². The fraction of sp³-hybridized carbons (Fsp3) is 0.897. The van der Waals surface area contributed by atoms with E-state index in [0.717, 1.165) is 0 Å². The van der Waals surface area contributed by atoms with Crippen LogP contribution in [-0.2, 0) is 71.2 Å². The van der Waals surface area contributed by atoms with Crippen molar-refractivity contribution in [2.24, 2.45) is 5.73 Å². The first-order valence-electron chi connectivity index (χ1n) is 15.5. The Balaban J connectivity index is 3.11. The van der Waals surface area contributed by atoms with Crippen molar-refractivity contribution in [3.63, 3.8) is 0 Å². The average molecular weight is 674 g/mol. The van der Waals surface area contributed by atoms with Crippen LogP contribution in [0.25, 0.3) is 0 Å². The molecule has 17 nitrogen and oxygen atoms in total. The van der Waals surface area contributed by atoms with Crippen LogP contribution in [0.15, 0.2) is 0 Å². The van der Waals surface area contributed by atoms with Crippen molar-refractivity contribution >= 4 is 17.7 Å². The van der Waals surface area contributed by atoms with Crippen LogP contribution in [0.2, 0.25) is 0 Å². The quantitative estimate of drug-likeness (QED) is 0.0460. The third-order valence-electron chi connectivity index (χ3n) is 5.27. The first kappa shape index (κ1) is 44.1. The lowest BCUT2D eigenvalue weighted by Crippen LogP contribution is -2.17. The number of ketones is 1. The smallest absolute Gasteiger partial charge is 0.372 e. The third-order valence-corrected chi connectivity index (χ3v) is 5.27. The number of nitrogens with two attached hydrogens (primary N) is 1. The van der Waals surface area contributed by atoms with Crippen molar-refractivity contribution in [3.8, 4) is 0 Å². The molecule has 0 amide bonds. The Hall–Kier alpha value is -1.87. The highest BCUT2D eigenvalue weighted by atomic mass is 16.6. The van der Waals surface area contributed by atoms with Gasteiger partial charge in [0.25, 0.3) is 0 Å². The highest BCUT2D eigenvalue weighted by molar-refractivity contribution is 6.32. The predicted octanol–water partition coefficient (Wildman–Crippen LogP) is -0.895.